The zero-order valence-corrected chi connectivity index (χ0v) is 20.9. The van der Waals surface area contributed by atoms with Crippen LogP contribution in [0, 0.1) is 0 Å². The highest BCUT2D eigenvalue weighted by Crippen LogP contribution is 2.26. The number of hydrogen-bond acceptors (Lipinski definition) is 6. The van der Waals surface area contributed by atoms with E-state index < -0.39 is 31.2 Å². The van der Waals surface area contributed by atoms with Crippen LogP contribution < -0.4 is 5.32 Å². The van der Waals surface area contributed by atoms with Crippen molar-refractivity contribution in [3.8, 4) is 11.1 Å². The summed E-state index contributed by atoms with van der Waals surface area (Å²) in [6.45, 7) is 0.733. The lowest BCUT2D eigenvalue weighted by Crippen LogP contribution is -2.49. The number of fused-ring (bicyclic) bond motifs is 1. The summed E-state index contributed by atoms with van der Waals surface area (Å²) in [5.41, 5.74) is 3.44. The molecule has 2 N–H and O–H groups in total. The molecule has 0 aliphatic carbocycles. The molecule has 1 aliphatic rings. The maximum atomic E-state index is 12.6. The number of aromatic nitrogens is 5. The number of H-pyrrole nitrogens is 1. The number of aromatic amines is 1. The summed E-state index contributed by atoms with van der Waals surface area (Å²) < 4.78 is 76.3. The highest BCUT2D eigenvalue weighted by Gasteiger charge is 2.34. The van der Waals surface area contributed by atoms with Gasteiger partial charge in [0.2, 0.25) is 11.9 Å². The highest BCUT2D eigenvalue weighted by molar-refractivity contribution is 5.83. The molecule has 9 nitrogen and oxygen atoms in total. The van der Waals surface area contributed by atoms with Gasteiger partial charge in [-0.15, -0.1) is 0 Å². The quantitative estimate of drug-likeness (QED) is 0.315. The van der Waals surface area contributed by atoms with Crippen LogP contribution in [0.4, 0.5) is 38.1 Å². The van der Waals surface area contributed by atoms with Crippen molar-refractivity contribution in [2.24, 2.45) is 0 Å². The van der Waals surface area contributed by atoms with Crippen molar-refractivity contribution in [1.29, 1.82) is 0 Å². The van der Waals surface area contributed by atoms with E-state index in [-0.39, 0.29) is 13.1 Å². The summed E-state index contributed by atoms with van der Waals surface area (Å²) in [6.07, 6.45) is -5.99. The molecule has 3 aromatic heterocycles. The molecule has 0 radical (unpaired) electrons. The number of rotatable bonds is 7. The van der Waals surface area contributed by atoms with E-state index in [1.54, 1.807) is 24.4 Å². The standard InChI is InChI=1S/C25H24F6N8O/c26-24(27,28)11-22(40)38-7-5-37(6-8-38)13-16-3-4-32-21(9-16)36-23-34-19-2-1-17(10-20(19)35-23)18-12-33-39(14-18)15-25(29,30)31/h1-4,9-10,12,14H,5-8,11,13,15H2,(H2,32,34,35,36). The third kappa shape index (κ3) is 7.08. The number of piperazine rings is 1. The topological polar surface area (TPSA) is 95.0 Å². The van der Waals surface area contributed by atoms with Crippen molar-refractivity contribution in [3.63, 3.8) is 0 Å². The van der Waals surface area contributed by atoms with Crippen LogP contribution >= 0.6 is 0 Å². The molecule has 5 rings (SSSR count). The minimum Gasteiger partial charge on any atom is -0.340 e. The van der Waals surface area contributed by atoms with Crippen LogP contribution in [0.1, 0.15) is 12.0 Å². The first-order chi connectivity index (χ1) is 18.9. The fraction of sp³-hybridized carbons (Fsp3) is 0.360. The van der Waals surface area contributed by atoms with Gasteiger partial charge in [0.1, 0.15) is 18.8 Å². The number of nitrogens with one attached hydrogen (secondary N) is 2. The number of alkyl halides is 6. The number of nitrogens with zero attached hydrogens (tertiary/aromatic N) is 6. The first-order valence-corrected chi connectivity index (χ1v) is 12.3. The van der Waals surface area contributed by atoms with E-state index in [2.05, 4.69) is 30.3 Å². The van der Waals surface area contributed by atoms with E-state index in [4.69, 9.17) is 0 Å². The SMILES string of the molecule is O=C(CC(F)(F)F)N1CCN(Cc2ccnc(Nc3nc4ccc(-c5cnn(CC(F)(F)F)c5)cc4[nH]3)c2)CC1. The lowest BCUT2D eigenvalue weighted by atomic mass is 10.1. The van der Waals surface area contributed by atoms with Crippen LogP contribution in [0.2, 0.25) is 0 Å². The zero-order valence-electron chi connectivity index (χ0n) is 20.9. The summed E-state index contributed by atoms with van der Waals surface area (Å²) >= 11 is 0. The highest BCUT2D eigenvalue weighted by atomic mass is 19.4. The van der Waals surface area contributed by atoms with Crippen molar-refractivity contribution in [3.05, 3.63) is 54.5 Å². The van der Waals surface area contributed by atoms with Crippen LogP contribution in [0.5, 0.6) is 0 Å². The first-order valence-electron chi connectivity index (χ1n) is 12.3. The number of anilines is 2. The van der Waals surface area contributed by atoms with Gasteiger partial charge in [0.25, 0.3) is 0 Å². The lowest BCUT2D eigenvalue weighted by Gasteiger charge is -2.35. The van der Waals surface area contributed by atoms with Crippen LogP contribution in [0.3, 0.4) is 0 Å². The fourth-order valence-electron chi connectivity index (χ4n) is 4.49. The summed E-state index contributed by atoms with van der Waals surface area (Å²) in [4.78, 5) is 27.0. The molecule has 0 bridgehead atoms. The van der Waals surface area contributed by atoms with Gasteiger partial charge >= 0.3 is 12.4 Å². The number of imidazole rings is 1. The van der Waals surface area contributed by atoms with Gasteiger partial charge in [-0.05, 0) is 35.4 Å². The number of pyridine rings is 1. The van der Waals surface area contributed by atoms with Gasteiger partial charge < -0.3 is 15.2 Å². The van der Waals surface area contributed by atoms with E-state index in [0.29, 0.717) is 53.6 Å². The number of hydrogen-bond donors (Lipinski definition) is 2. The number of benzene rings is 1. The molecule has 1 fully saturated rings. The van der Waals surface area contributed by atoms with Crippen molar-refractivity contribution in [2.75, 3.05) is 31.5 Å². The van der Waals surface area contributed by atoms with Crippen LogP contribution in [-0.4, -0.2) is 79.0 Å². The lowest BCUT2D eigenvalue weighted by molar-refractivity contribution is -0.162. The summed E-state index contributed by atoms with van der Waals surface area (Å²) in [7, 11) is 0. The van der Waals surface area contributed by atoms with E-state index >= 15 is 0 Å². The molecule has 0 spiro atoms. The molecule has 0 unspecified atom stereocenters. The molecule has 212 valence electrons. The Labute approximate surface area is 223 Å². The van der Waals surface area contributed by atoms with Crippen molar-refractivity contribution >= 4 is 28.7 Å². The van der Waals surface area contributed by atoms with Gasteiger partial charge in [-0.1, -0.05) is 6.07 Å². The summed E-state index contributed by atoms with van der Waals surface area (Å²) in [5.74, 6) is 0.0302. The minimum atomic E-state index is -4.51. The second kappa shape index (κ2) is 10.8. The molecule has 1 saturated heterocycles. The normalized spacial score (nSPS) is 15.1. The monoisotopic (exact) mass is 566 g/mol. The third-order valence-electron chi connectivity index (χ3n) is 6.34. The Kier molecular flexibility index (Phi) is 7.40. The van der Waals surface area contributed by atoms with Crippen LogP contribution in [0.15, 0.2) is 48.9 Å². The Morgan fingerprint density at radius 1 is 0.975 bits per heavy atom. The molecule has 40 heavy (non-hydrogen) atoms. The van der Waals surface area contributed by atoms with Gasteiger partial charge in [-0.2, -0.15) is 31.4 Å². The van der Waals surface area contributed by atoms with E-state index in [1.165, 1.54) is 17.3 Å². The molecular weight excluding hydrogens is 542 g/mol. The largest absolute Gasteiger partial charge is 0.408 e. The summed E-state index contributed by atoms with van der Waals surface area (Å²) in [5, 5.41) is 6.89. The molecule has 1 amide bonds. The van der Waals surface area contributed by atoms with Gasteiger partial charge in [-0.25, -0.2) is 9.97 Å². The Morgan fingerprint density at radius 3 is 2.48 bits per heavy atom. The maximum Gasteiger partial charge on any atom is 0.408 e. The average molecular weight is 567 g/mol. The molecule has 1 aromatic carbocycles. The second-order valence-corrected chi connectivity index (χ2v) is 9.48. The molecule has 0 saturated carbocycles. The zero-order chi connectivity index (χ0) is 28.5. The Morgan fingerprint density at radius 2 is 1.75 bits per heavy atom. The Hall–Kier alpha value is -4.14. The summed E-state index contributed by atoms with van der Waals surface area (Å²) in [6, 6.07) is 8.92. The molecule has 4 heterocycles. The van der Waals surface area contributed by atoms with Crippen molar-refractivity contribution in [1.82, 2.24) is 34.5 Å². The van der Waals surface area contributed by atoms with E-state index in [0.717, 1.165) is 10.2 Å². The first kappa shape index (κ1) is 27.4. The van der Waals surface area contributed by atoms with Gasteiger partial charge in [0.05, 0.1) is 17.2 Å². The minimum absolute atomic E-state index is 0.231. The predicted molar refractivity (Wildman–Crippen MR) is 133 cm³/mol. The number of carbonyl (C=O) groups is 1. The van der Waals surface area contributed by atoms with Gasteiger partial charge in [0.15, 0.2) is 0 Å². The van der Waals surface area contributed by atoms with Crippen LogP contribution in [-0.2, 0) is 17.9 Å². The molecule has 1 aliphatic heterocycles. The fourth-order valence-corrected chi connectivity index (χ4v) is 4.49. The second-order valence-electron chi connectivity index (χ2n) is 9.48. The Balaban J connectivity index is 1.20. The van der Waals surface area contributed by atoms with Crippen molar-refractivity contribution in [2.45, 2.75) is 31.9 Å². The van der Waals surface area contributed by atoms with Gasteiger partial charge in [0, 0.05) is 50.7 Å². The smallest absolute Gasteiger partial charge is 0.340 e. The van der Waals surface area contributed by atoms with Crippen LogP contribution in [0.25, 0.3) is 22.2 Å². The third-order valence-corrected chi connectivity index (χ3v) is 6.34. The molecule has 4 aromatic rings. The number of carbonyl (C=O) groups excluding carboxylic acids is 1. The Bertz CT molecular complexity index is 1490. The van der Waals surface area contributed by atoms with E-state index in [1.807, 2.05) is 12.1 Å². The predicted octanol–water partition coefficient (Wildman–Crippen LogP) is 4.72. The number of amides is 1. The van der Waals surface area contributed by atoms with E-state index in [9.17, 15) is 31.1 Å². The maximum absolute atomic E-state index is 12.6. The molecular formula is C25H24F6N8O. The molecule has 0 atom stereocenters. The average Bonchev–Trinajstić information content (AvgIpc) is 3.48. The number of halogens is 6. The molecule has 15 heteroatoms. The van der Waals surface area contributed by atoms with Gasteiger partial charge in [-0.3, -0.25) is 14.4 Å². The van der Waals surface area contributed by atoms with Crippen molar-refractivity contribution < 1.29 is 31.1 Å².